The minimum absolute atomic E-state index is 0.0908. The molecule has 1 aromatic heterocycles. The van der Waals surface area contributed by atoms with Crippen LogP contribution in [0, 0.1) is 0 Å². The summed E-state index contributed by atoms with van der Waals surface area (Å²) < 4.78 is 5.63. The first-order valence-electron chi connectivity index (χ1n) is 8.47. The van der Waals surface area contributed by atoms with E-state index in [1.807, 2.05) is 6.92 Å². The molecule has 0 fully saturated rings. The molecule has 132 valence electrons. The van der Waals surface area contributed by atoms with Gasteiger partial charge in [0.1, 0.15) is 0 Å². The second-order valence-corrected chi connectivity index (χ2v) is 7.09. The topological polar surface area (TPSA) is 71.3 Å². The number of carbonyl (C=O) groups is 2. The molecular formula is C19H21BrN2O3. The normalized spacial score (nSPS) is 14.5. The smallest absolute Gasteiger partial charge is 0.287 e. The van der Waals surface area contributed by atoms with Gasteiger partial charge in [0.15, 0.2) is 10.4 Å². The zero-order valence-electron chi connectivity index (χ0n) is 14.1. The van der Waals surface area contributed by atoms with Crippen LogP contribution in [0.2, 0.25) is 0 Å². The molecule has 0 saturated carbocycles. The Kier molecular flexibility index (Phi) is 5.58. The van der Waals surface area contributed by atoms with Crippen molar-refractivity contribution in [3.05, 3.63) is 57.5 Å². The summed E-state index contributed by atoms with van der Waals surface area (Å²) in [7, 11) is 0. The van der Waals surface area contributed by atoms with Crippen LogP contribution >= 0.6 is 15.9 Å². The van der Waals surface area contributed by atoms with Crippen LogP contribution in [-0.4, -0.2) is 18.4 Å². The van der Waals surface area contributed by atoms with E-state index < -0.39 is 5.91 Å². The van der Waals surface area contributed by atoms with Gasteiger partial charge >= 0.3 is 0 Å². The van der Waals surface area contributed by atoms with Crippen molar-refractivity contribution in [1.82, 2.24) is 10.6 Å². The first kappa shape index (κ1) is 17.7. The fraction of sp³-hybridized carbons (Fsp3) is 0.368. The Morgan fingerprint density at radius 1 is 1.16 bits per heavy atom. The molecule has 2 amide bonds. The third-order valence-electron chi connectivity index (χ3n) is 4.46. The maximum Gasteiger partial charge on any atom is 0.287 e. The Labute approximate surface area is 155 Å². The van der Waals surface area contributed by atoms with E-state index in [4.69, 9.17) is 4.42 Å². The van der Waals surface area contributed by atoms with Crippen LogP contribution in [0.5, 0.6) is 0 Å². The fourth-order valence-electron chi connectivity index (χ4n) is 3.08. The highest BCUT2D eigenvalue weighted by atomic mass is 79.9. The molecule has 0 spiro atoms. The lowest BCUT2D eigenvalue weighted by Gasteiger charge is -2.20. The van der Waals surface area contributed by atoms with E-state index >= 15 is 0 Å². The summed E-state index contributed by atoms with van der Waals surface area (Å²) in [6, 6.07) is 9.52. The number of rotatable bonds is 5. The summed E-state index contributed by atoms with van der Waals surface area (Å²) in [5, 5.41) is 5.47. The van der Waals surface area contributed by atoms with Gasteiger partial charge in [-0.05, 0) is 77.4 Å². The van der Waals surface area contributed by atoms with E-state index in [-0.39, 0.29) is 24.3 Å². The molecule has 6 heteroatoms. The van der Waals surface area contributed by atoms with Crippen LogP contribution in [0.15, 0.2) is 39.4 Å². The van der Waals surface area contributed by atoms with Gasteiger partial charge in [0.2, 0.25) is 5.91 Å². The standard InChI is InChI=1S/C19H21BrN2O3/c1-12(14-7-6-13-4-2-3-5-15(13)10-14)22-18(23)11-21-19(24)16-8-9-17(20)25-16/h6-10,12H,2-5,11H2,1H3,(H,21,24)(H,22,23)/t12-/m0/s1. The number of fused-ring (bicyclic) bond motifs is 1. The van der Waals surface area contributed by atoms with E-state index in [1.54, 1.807) is 12.1 Å². The lowest BCUT2D eigenvalue weighted by Crippen LogP contribution is -2.38. The summed E-state index contributed by atoms with van der Waals surface area (Å²) >= 11 is 3.14. The van der Waals surface area contributed by atoms with Gasteiger partial charge in [-0.25, -0.2) is 0 Å². The fourth-order valence-corrected chi connectivity index (χ4v) is 3.39. The molecule has 5 nitrogen and oxygen atoms in total. The Bertz CT molecular complexity index is 785. The number of aryl methyl sites for hydroxylation is 2. The average molecular weight is 405 g/mol. The Morgan fingerprint density at radius 2 is 1.92 bits per heavy atom. The van der Waals surface area contributed by atoms with Gasteiger partial charge in [-0.1, -0.05) is 18.2 Å². The Balaban J connectivity index is 1.53. The summed E-state index contributed by atoms with van der Waals surface area (Å²) in [5.41, 5.74) is 3.90. The van der Waals surface area contributed by atoms with Crippen LogP contribution in [0.25, 0.3) is 0 Å². The van der Waals surface area contributed by atoms with Gasteiger partial charge < -0.3 is 15.1 Å². The number of hydrogen-bond donors (Lipinski definition) is 2. The molecule has 1 aromatic carbocycles. The van der Waals surface area contributed by atoms with Crippen molar-refractivity contribution in [1.29, 1.82) is 0 Å². The molecule has 0 unspecified atom stereocenters. The second-order valence-electron chi connectivity index (χ2n) is 6.31. The molecular weight excluding hydrogens is 384 g/mol. The van der Waals surface area contributed by atoms with Gasteiger partial charge in [-0.2, -0.15) is 0 Å². The summed E-state index contributed by atoms with van der Waals surface area (Å²) in [5.74, 6) is -0.478. The van der Waals surface area contributed by atoms with Gasteiger partial charge in [-0.15, -0.1) is 0 Å². The van der Waals surface area contributed by atoms with Crippen LogP contribution in [0.1, 0.15) is 53.1 Å². The highest BCUT2D eigenvalue weighted by Gasteiger charge is 2.16. The predicted molar refractivity (Wildman–Crippen MR) is 98.4 cm³/mol. The molecule has 0 bridgehead atoms. The Morgan fingerprint density at radius 3 is 2.64 bits per heavy atom. The van der Waals surface area contributed by atoms with Gasteiger partial charge in [0, 0.05) is 0 Å². The summed E-state index contributed by atoms with van der Waals surface area (Å²) in [6.07, 6.45) is 4.74. The molecule has 0 aliphatic heterocycles. The molecule has 2 aromatic rings. The molecule has 1 heterocycles. The molecule has 0 saturated heterocycles. The SMILES string of the molecule is C[C@H](NC(=O)CNC(=O)c1ccc(Br)o1)c1ccc2c(c1)CCCC2. The highest BCUT2D eigenvalue weighted by molar-refractivity contribution is 9.10. The van der Waals surface area contributed by atoms with Crippen molar-refractivity contribution < 1.29 is 14.0 Å². The van der Waals surface area contributed by atoms with Crippen molar-refractivity contribution in [2.24, 2.45) is 0 Å². The molecule has 1 aliphatic carbocycles. The third-order valence-corrected chi connectivity index (χ3v) is 4.88. The van der Waals surface area contributed by atoms with Crippen LogP contribution in [-0.2, 0) is 17.6 Å². The molecule has 2 N–H and O–H groups in total. The van der Waals surface area contributed by atoms with Gasteiger partial charge in [0.05, 0.1) is 12.6 Å². The highest BCUT2D eigenvalue weighted by Crippen LogP contribution is 2.24. The van der Waals surface area contributed by atoms with Crippen molar-refractivity contribution in [3.63, 3.8) is 0 Å². The van der Waals surface area contributed by atoms with Crippen LogP contribution in [0.3, 0.4) is 0 Å². The average Bonchev–Trinajstić information content (AvgIpc) is 3.05. The number of benzene rings is 1. The zero-order valence-corrected chi connectivity index (χ0v) is 15.7. The summed E-state index contributed by atoms with van der Waals surface area (Å²) in [4.78, 5) is 24.0. The summed E-state index contributed by atoms with van der Waals surface area (Å²) in [6.45, 7) is 1.86. The molecule has 1 atom stereocenters. The number of amides is 2. The van der Waals surface area contributed by atoms with E-state index in [0.29, 0.717) is 4.67 Å². The van der Waals surface area contributed by atoms with Gasteiger partial charge in [-0.3, -0.25) is 9.59 Å². The van der Waals surface area contributed by atoms with E-state index in [2.05, 4.69) is 44.8 Å². The quantitative estimate of drug-likeness (QED) is 0.800. The van der Waals surface area contributed by atoms with Crippen LogP contribution < -0.4 is 10.6 Å². The Hall–Kier alpha value is -2.08. The maximum atomic E-state index is 12.1. The van der Waals surface area contributed by atoms with Crippen molar-refractivity contribution >= 4 is 27.7 Å². The largest absolute Gasteiger partial charge is 0.444 e. The third kappa shape index (κ3) is 4.51. The lowest BCUT2D eigenvalue weighted by molar-refractivity contribution is -0.120. The molecule has 25 heavy (non-hydrogen) atoms. The van der Waals surface area contributed by atoms with E-state index in [1.165, 1.54) is 24.0 Å². The van der Waals surface area contributed by atoms with Crippen molar-refractivity contribution in [3.8, 4) is 0 Å². The minimum atomic E-state index is -0.415. The van der Waals surface area contributed by atoms with E-state index in [9.17, 15) is 9.59 Å². The van der Waals surface area contributed by atoms with E-state index in [0.717, 1.165) is 18.4 Å². The maximum absolute atomic E-state index is 12.1. The first-order valence-corrected chi connectivity index (χ1v) is 9.27. The molecule has 3 rings (SSSR count). The number of halogens is 1. The predicted octanol–water partition coefficient (Wildman–Crippen LogP) is 3.53. The second kappa shape index (κ2) is 7.87. The van der Waals surface area contributed by atoms with Crippen LogP contribution in [0.4, 0.5) is 0 Å². The van der Waals surface area contributed by atoms with Gasteiger partial charge in [0.25, 0.3) is 5.91 Å². The first-order chi connectivity index (χ1) is 12.0. The zero-order chi connectivity index (χ0) is 17.8. The molecule has 1 aliphatic rings. The van der Waals surface area contributed by atoms with Crippen molar-refractivity contribution in [2.75, 3.05) is 6.54 Å². The minimum Gasteiger partial charge on any atom is -0.444 e. The molecule has 0 radical (unpaired) electrons. The number of hydrogen-bond acceptors (Lipinski definition) is 3. The monoisotopic (exact) mass is 404 g/mol. The van der Waals surface area contributed by atoms with Crippen molar-refractivity contribution in [2.45, 2.75) is 38.6 Å². The number of nitrogens with one attached hydrogen (secondary N) is 2. The lowest BCUT2D eigenvalue weighted by atomic mass is 9.89. The number of furan rings is 1. The number of carbonyl (C=O) groups excluding carboxylic acids is 2.